The van der Waals surface area contributed by atoms with Crippen LogP contribution in [0.4, 0.5) is 0 Å². The van der Waals surface area contributed by atoms with Crippen LogP contribution in [0.1, 0.15) is 20.7 Å². The van der Waals surface area contributed by atoms with E-state index in [0.717, 1.165) is 5.06 Å². The average Bonchev–Trinajstić information content (AvgIpc) is 2.65. The fraction of sp³-hybridized carbons (Fsp3) is 0.222. The van der Waals surface area contributed by atoms with E-state index in [1.165, 1.54) is 44.5 Å². The third-order valence-corrected chi connectivity index (χ3v) is 4.05. The van der Waals surface area contributed by atoms with Crippen LogP contribution in [0.5, 0.6) is 0 Å². The molecule has 2 aromatic carbocycles. The lowest BCUT2D eigenvalue weighted by atomic mass is 10.2. The van der Waals surface area contributed by atoms with Crippen LogP contribution in [0.2, 0.25) is 20.1 Å². The molecule has 0 bridgehead atoms. The van der Waals surface area contributed by atoms with Crippen molar-refractivity contribution < 1.29 is 19.3 Å². The van der Waals surface area contributed by atoms with Gasteiger partial charge in [-0.05, 0) is 48.0 Å². The summed E-state index contributed by atoms with van der Waals surface area (Å²) in [6.45, 7) is 0. The maximum absolute atomic E-state index is 11.6. The molecule has 2 aromatic rings. The van der Waals surface area contributed by atoms with E-state index in [2.05, 4.69) is 10.3 Å². The fourth-order valence-electron chi connectivity index (χ4n) is 1.61. The van der Waals surface area contributed by atoms with Gasteiger partial charge in [0.05, 0.1) is 14.2 Å². The van der Waals surface area contributed by atoms with Gasteiger partial charge in [-0.25, -0.2) is 10.5 Å². The predicted octanol–water partition coefficient (Wildman–Crippen LogP) is 5.77. The molecule has 0 aromatic heterocycles. The van der Waals surface area contributed by atoms with Crippen LogP contribution in [0.15, 0.2) is 36.4 Å². The zero-order valence-corrected chi connectivity index (χ0v) is 19.7. The molecule has 0 aliphatic carbocycles. The Morgan fingerprint density at radius 3 is 1.45 bits per heavy atom. The minimum absolute atomic E-state index is 0.295. The molecule has 2 rings (SSSR count). The molecule has 0 unspecified atom stereocenters. The second kappa shape index (κ2) is 14.8. The number of hydrogen-bond acceptors (Lipinski definition) is 5. The Bertz CT molecular complexity index is 778. The second-order valence-corrected chi connectivity index (χ2v) is 7.07. The van der Waals surface area contributed by atoms with Crippen LogP contribution >= 0.6 is 58.0 Å². The summed E-state index contributed by atoms with van der Waals surface area (Å²) in [7, 11) is 6.20. The number of benzene rings is 2. The number of nitrogens with zero attached hydrogens (tertiary/aromatic N) is 1. The Morgan fingerprint density at radius 1 is 0.828 bits per heavy atom. The molecule has 1 amide bonds. The topological polar surface area (TPSA) is 67.9 Å². The Kier molecular flexibility index (Phi) is 14.3. The molecule has 0 aliphatic heterocycles. The quantitative estimate of drug-likeness (QED) is 0.423. The zero-order valence-electron chi connectivity index (χ0n) is 15.9. The molecule has 0 spiro atoms. The van der Waals surface area contributed by atoms with Gasteiger partial charge in [0.15, 0.2) is 0 Å². The lowest BCUT2D eigenvalue weighted by Crippen LogP contribution is -2.25. The Balaban J connectivity index is 0.000000466. The highest BCUT2D eigenvalue weighted by atomic mass is 35.5. The van der Waals surface area contributed by atoms with E-state index in [9.17, 15) is 9.59 Å². The summed E-state index contributed by atoms with van der Waals surface area (Å²) >= 11 is 27.9. The van der Waals surface area contributed by atoms with Crippen molar-refractivity contribution in [3.8, 4) is 0 Å². The van der Waals surface area contributed by atoms with Crippen molar-refractivity contribution in [3.63, 3.8) is 0 Å². The summed E-state index contributed by atoms with van der Waals surface area (Å²) in [5.41, 5.74) is 3.14. The second-order valence-electron chi connectivity index (χ2n) is 4.98. The summed E-state index contributed by atoms with van der Waals surface area (Å²) in [5.74, 6) is -0.295. The molecule has 1 N–H and O–H groups in total. The first-order valence-electron chi connectivity index (χ1n) is 7.69. The van der Waals surface area contributed by atoms with Gasteiger partial charge in [0.25, 0.3) is 11.1 Å². The molecule has 160 valence electrons. The molecule has 29 heavy (non-hydrogen) atoms. The lowest BCUT2D eigenvalue weighted by Gasteiger charge is -2.13. The van der Waals surface area contributed by atoms with Crippen LogP contribution in [0.25, 0.3) is 0 Å². The first-order chi connectivity index (χ1) is 13.5. The van der Waals surface area contributed by atoms with Gasteiger partial charge in [0, 0.05) is 45.3 Å². The van der Waals surface area contributed by atoms with Crippen molar-refractivity contribution in [2.75, 3.05) is 28.3 Å². The monoisotopic (exact) mass is 502 g/mol. The van der Waals surface area contributed by atoms with Gasteiger partial charge in [-0.2, -0.15) is 0 Å². The molecule has 0 aliphatic rings. The highest BCUT2D eigenvalue weighted by Gasteiger charge is 2.12. The smallest absolute Gasteiger partial charge is 0.277 e. The summed E-state index contributed by atoms with van der Waals surface area (Å²) in [5, 5.41) is 2.19. The van der Waals surface area contributed by atoms with Crippen molar-refractivity contribution in [1.29, 1.82) is 0 Å². The summed E-state index contributed by atoms with van der Waals surface area (Å²) in [6.07, 6.45) is 0. The minimum Gasteiger partial charge on any atom is -0.305 e. The first-order valence-corrected chi connectivity index (χ1v) is 9.58. The summed E-state index contributed by atoms with van der Waals surface area (Å²) < 4.78 is 0. The number of nitrogens with one attached hydrogen (secondary N) is 1. The van der Waals surface area contributed by atoms with Gasteiger partial charge in [0.2, 0.25) is 0 Å². The Morgan fingerprint density at radius 2 is 1.17 bits per heavy atom. The number of halogens is 5. The van der Waals surface area contributed by atoms with Crippen molar-refractivity contribution in [1.82, 2.24) is 10.5 Å². The van der Waals surface area contributed by atoms with E-state index in [0.29, 0.717) is 31.2 Å². The molecule has 0 radical (unpaired) electrons. The van der Waals surface area contributed by atoms with E-state index in [4.69, 9.17) is 62.8 Å². The van der Waals surface area contributed by atoms with Gasteiger partial charge >= 0.3 is 0 Å². The zero-order chi connectivity index (χ0) is 22.6. The van der Waals surface area contributed by atoms with E-state index < -0.39 is 5.24 Å². The molecule has 6 nitrogen and oxygen atoms in total. The summed E-state index contributed by atoms with van der Waals surface area (Å²) in [6, 6.07) is 9.08. The van der Waals surface area contributed by atoms with Crippen LogP contribution in [-0.4, -0.2) is 44.5 Å². The number of amides is 1. The maximum atomic E-state index is 11.6. The standard InChI is InChI=1S/C9H9Cl2NO2.C7H3Cl3O.C2H7NO/c1-12(14-2)9(13)6-3-7(10)5-8(11)4-6;8-5-1-4(7(10)11)2-6(9)3-5;1-3-4-2/h3-5H,1-2H3;1-3H;3H,1-2H3. The van der Waals surface area contributed by atoms with Crippen molar-refractivity contribution in [2.45, 2.75) is 0 Å². The molecule has 0 heterocycles. The molecular weight excluding hydrogens is 485 g/mol. The van der Waals surface area contributed by atoms with Crippen molar-refractivity contribution in [2.24, 2.45) is 0 Å². The number of rotatable bonds is 4. The number of hydroxylamine groups is 3. The fourth-order valence-corrected chi connectivity index (χ4v) is 2.77. The van der Waals surface area contributed by atoms with Crippen LogP contribution in [0, 0.1) is 0 Å². The largest absolute Gasteiger partial charge is 0.305 e. The number of hydrogen-bond donors (Lipinski definition) is 1. The summed E-state index contributed by atoms with van der Waals surface area (Å²) in [4.78, 5) is 31.2. The molecule has 0 fully saturated rings. The molecule has 0 atom stereocenters. The third kappa shape index (κ3) is 11.6. The van der Waals surface area contributed by atoms with Gasteiger partial charge in [0.1, 0.15) is 0 Å². The lowest BCUT2D eigenvalue weighted by molar-refractivity contribution is -0.0756. The predicted molar refractivity (Wildman–Crippen MR) is 118 cm³/mol. The average molecular weight is 505 g/mol. The Labute approximate surface area is 194 Å². The SMILES string of the molecule is CNOC.CON(C)C(=O)c1cc(Cl)cc(Cl)c1.O=C(Cl)c1cc(Cl)cc(Cl)c1. The van der Waals surface area contributed by atoms with Crippen molar-refractivity contribution >= 4 is 69.2 Å². The van der Waals surface area contributed by atoms with E-state index in [1.807, 2.05) is 0 Å². The molecule has 0 saturated carbocycles. The van der Waals surface area contributed by atoms with Gasteiger partial charge in [-0.1, -0.05) is 46.4 Å². The van der Waals surface area contributed by atoms with E-state index in [-0.39, 0.29) is 5.91 Å². The van der Waals surface area contributed by atoms with Crippen LogP contribution in [-0.2, 0) is 9.68 Å². The first kappa shape index (κ1) is 27.9. The van der Waals surface area contributed by atoms with Gasteiger partial charge < -0.3 is 4.84 Å². The minimum atomic E-state index is -0.561. The highest BCUT2D eigenvalue weighted by Crippen LogP contribution is 2.20. The number of carbonyl (C=O) groups is 2. The van der Waals surface area contributed by atoms with Gasteiger partial charge in [-0.15, -0.1) is 0 Å². The third-order valence-electron chi connectivity index (χ3n) is 2.96. The van der Waals surface area contributed by atoms with E-state index >= 15 is 0 Å². The molecular formula is C18H19Cl5N2O4. The molecule has 11 heteroatoms. The Hall–Kier alpha value is -1.09. The molecule has 0 saturated heterocycles. The maximum Gasteiger partial charge on any atom is 0.277 e. The number of carbonyl (C=O) groups excluding carboxylic acids is 2. The van der Waals surface area contributed by atoms with E-state index in [1.54, 1.807) is 20.2 Å². The van der Waals surface area contributed by atoms with Crippen LogP contribution in [0.3, 0.4) is 0 Å². The highest BCUT2D eigenvalue weighted by molar-refractivity contribution is 6.68. The normalized spacial score (nSPS) is 9.55. The van der Waals surface area contributed by atoms with Crippen molar-refractivity contribution in [3.05, 3.63) is 67.6 Å². The van der Waals surface area contributed by atoms with Gasteiger partial charge in [-0.3, -0.25) is 14.4 Å². The van der Waals surface area contributed by atoms with Crippen LogP contribution < -0.4 is 5.48 Å².